The number of amides is 1. The van der Waals surface area contributed by atoms with Crippen LogP contribution >= 0.6 is 24.2 Å². The molecule has 0 bridgehead atoms. The third kappa shape index (κ3) is 4.90. The number of halogens is 1. The number of rotatable bonds is 6. The summed E-state index contributed by atoms with van der Waals surface area (Å²) in [6.07, 6.45) is 2.51. The maximum atomic E-state index is 12.3. The van der Waals surface area contributed by atoms with Crippen LogP contribution in [-0.2, 0) is 25.4 Å². The third-order valence-corrected chi connectivity index (χ3v) is 4.90. The fourth-order valence-corrected chi connectivity index (χ4v) is 3.42. The van der Waals surface area contributed by atoms with Gasteiger partial charge in [-0.15, -0.1) is 12.4 Å². The molecular weight excluding hydrogens is 390 g/mol. The van der Waals surface area contributed by atoms with Gasteiger partial charge in [-0.25, -0.2) is 4.98 Å². The zero-order chi connectivity index (χ0) is 17.8. The van der Waals surface area contributed by atoms with E-state index < -0.39 is 0 Å². The maximum Gasteiger partial charge on any atom is 0.287 e. The lowest BCUT2D eigenvalue weighted by Crippen LogP contribution is -2.22. The van der Waals surface area contributed by atoms with Crippen LogP contribution in [0, 0.1) is 0 Å². The standard InChI is InChI=1S/C16H19N7O2S.ClH/c24-15(14-3-2-13(25-14)9-26-16-19-10-20-21-16)18-7-11-6-12-8-17-4-1-5-23(12)22-11;/h2-3,6,10,17H,1,4-5,7-9H2,(H,18,24)(H,19,20,21);1H. The molecule has 3 N–H and O–H groups in total. The molecule has 3 aromatic heterocycles. The van der Waals surface area contributed by atoms with Crippen LogP contribution in [0.4, 0.5) is 0 Å². The summed E-state index contributed by atoms with van der Waals surface area (Å²) in [6, 6.07) is 5.50. The Kier molecular flexibility index (Phi) is 6.54. The Balaban J connectivity index is 0.00000210. The molecule has 11 heteroatoms. The van der Waals surface area contributed by atoms with Crippen LogP contribution in [-0.4, -0.2) is 37.4 Å². The maximum absolute atomic E-state index is 12.3. The van der Waals surface area contributed by atoms with Gasteiger partial charge in [-0.3, -0.25) is 14.6 Å². The number of hydrogen-bond acceptors (Lipinski definition) is 7. The summed E-state index contributed by atoms with van der Waals surface area (Å²) < 4.78 is 7.61. The fourth-order valence-electron chi connectivity index (χ4n) is 2.75. The average Bonchev–Trinajstić information content (AvgIpc) is 3.37. The first-order chi connectivity index (χ1) is 12.8. The number of furan rings is 1. The molecular formula is C16H20ClN7O2S. The lowest BCUT2D eigenvalue weighted by molar-refractivity contribution is 0.0921. The second-order valence-corrected chi connectivity index (χ2v) is 6.87. The van der Waals surface area contributed by atoms with Gasteiger partial charge in [0.25, 0.3) is 5.91 Å². The van der Waals surface area contributed by atoms with Crippen molar-refractivity contribution in [3.8, 4) is 0 Å². The van der Waals surface area contributed by atoms with Crippen LogP contribution in [0.25, 0.3) is 0 Å². The number of H-pyrrole nitrogens is 1. The summed E-state index contributed by atoms with van der Waals surface area (Å²) in [5, 5.41) is 18.0. The first-order valence-corrected chi connectivity index (χ1v) is 9.38. The molecule has 0 spiro atoms. The van der Waals surface area contributed by atoms with Crippen molar-refractivity contribution < 1.29 is 9.21 Å². The van der Waals surface area contributed by atoms with Crippen molar-refractivity contribution in [2.24, 2.45) is 0 Å². The Morgan fingerprint density at radius 2 is 2.33 bits per heavy atom. The Hall–Kier alpha value is -2.30. The molecule has 0 radical (unpaired) electrons. The van der Waals surface area contributed by atoms with E-state index in [1.54, 1.807) is 12.1 Å². The Bertz CT molecular complexity index is 854. The van der Waals surface area contributed by atoms with Crippen molar-refractivity contribution >= 4 is 30.1 Å². The molecule has 3 aromatic rings. The number of aryl methyl sites for hydroxylation is 1. The summed E-state index contributed by atoms with van der Waals surface area (Å²) in [6.45, 7) is 3.10. The number of thioether (sulfide) groups is 1. The lowest BCUT2D eigenvalue weighted by atomic mass is 10.3. The van der Waals surface area contributed by atoms with Gasteiger partial charge in [-0.1, -0.05) is 11.8 Å². The highest BCUT2D eigenvalue weighted by molar-refractivity contribution is 7.98. The van der Waals surface area contributed by atoms with Gasteiger partial charge in [-0.05, 0) is 31.2 Å². The minimum Gasteiger partial charge on any atom is -0.455 e. The molecule has 0 saturated heterocycles. The minimum atomic E-state index is -0.248. The molecule has 9 nitrogen and oxygen atoms in total. The Morgan fingerprint density at radius 3 is 3.19 bits per heavy atom. The third-order valence-electron chi connectivity index (χ3n) is 4.00. The number of aromatic nitrogens is 5. The zero-order valence-corrected chi connectivity index (χ0v) is 16.1. The number of aromatic amines is 1. The van der Waals surface area contributed by atoms with E-state index in [-0.39, 0.29) is 18.3 Å². The number of carbonyl (C=O) groups is 1. The molecule has 0 aliphatic carbocycles. The first-order valence-electron chi connectivity index (χ1n) is 8.39. The predicted octanol–water partition coefficient (Wildman–Crippen LogP) is 1.73. The summed E-state index contributed by atoms with van der Waals surface area (Å²) in [4.78, 5) is 16.3. The summed E-state index contributed by atoms with van der Waals surface area (Å²) in [5.41, 5.74) is 2.00. The van der Waals surface area contributed by atoms with E-state index in [0.717, 1.165) is 37.4 Å². The molecule has 0 atom stereocenters. The van der Waals surface area contributed by atoms with E-state index in [1.165, 1.54) is 18.1 Å². The second kappa shape index (κ2) is 9.07. The lowest BCUT2D eigenvalue weighted by Gasteiger charge is -2.01. The normalized spacial score (nSPS) is 13.5. The molecule has 4 heterocycles. The first kappa shape index (κ1) is 19.5. The van der Waals surface area contributed by atoms with E-state index in [2.05, 4.69) is 30.9 Å². The average molecular weight is 410 g/mol. The number of carbonyl (C=O) groups excluding carboxylic acids is 1. The van der Waals surface area contributed by atoms with Crippen LogP contribution in [0.15, 0.2) is 34.1 Å². The number of fused-ring (bicyclic) bond motifs is 1. The smallest absolute Gasteiger partial charge is 0.287 e. The molecule has 0 saturated carbocycles. The van der Waals surface area contributed by atoms with E-state index >= 15 is 0 Å². The van der Waals surface area contributed by atoms with Crippen LogP contribution in [0.2, 0.25) is 0 Å². The SMILES string of the molecule is Cl.O=C(NCc1cc2n(n1)CCCNC2)c1ccc(CSc2ncn[nH]2)o1. The summed E-state index contributed by atoms with van der Waals surface area (Å²) in [5.74, 6) is 1.32. The van der Waals surface area contributed by atoms with E-state index in [4.69, 9.17) is 4.42 Å². The zero-order valence-electron chi connectivity index (χ0n) is 14.5. The van der Waals surface area contributed by atoms with Crippen molar-refractivity contribution in [1.82, 2.24) is 35.6 Å². The van der Waals surface area contributed by atoms with Crippen molar-refractivity contribution in [3.63, 3.8) is 0 Å². The van der Waals surface area contributed by atoms with Crippen LogP contribution < -0.4 is 10.6 Å². The molecule has 0 aromatic carbocycles. The van der Waals surface area contributed by atoms with Crippen molar-refractivity contribution in [2.45, 2.75) is 37.0 Å². The molecule has 1 aliphatic rings. The number of hydrogen-bond donors (Lipinski definition) is 3. The molecule has 4 rings (SSSR count). The second-order valence-electron chi connectivity index (χ2n) is 5.91. The van der Waals surface area contributed by atoms with E-state index in [1.807, 2.05) is 10.7 Å². The van der Waals surface area contributed by atoms with Gasteiger partial charge in [0, 0.05) is 13.1 Å². The van der Waals surface area contributed by atoms with Gasteiger partial charge >= 0.3 is 0 Å². The van der Waals surface area contributed by atoms with Gasteiger partial charge in [0.1, 0.15) is 12.1 Å². The highest BCUT2D eigenvalue weighted by Gasteiger charge is 2.14. The van der Waals surface area contributed by atoms with Crippen LogP contribution in [0.1, 0.15) is 34.1 Å². The van der Waals surface area contributed by atoms with Gasteiger partial charge in [0.15, 0.2) is 10.9 Å². The van der Waals surface area contributed by atoms with Gasteiger partial charge < -0.3 is 15.1 Å². The molecule has 144 valence electrons. The monoisotopic (exact) mass is 409 g/mol. The Labute approximate surface area is 166 Å². The van der Waals surface area contributed by atoms with Gasteiger partial charge in [-0.2, -0.15) is 10.2 Å². The van der Waals surface area contributed by atoms with Crippen molar-refractivity contribution in [1.29, 1.82) is 0 Å². The van der Waals surface area contributed by atoms with E-state index in [9.17, 15) is 4.79 Å². The van der Waals surface area contributed by atoms with Gasteiger partial charge in [0.2, 0.25) is 0 Å². The van der Waals surface area contributed by atoms with E-state index in [0.29, 0.717) is 29.0 Å². The van der Waals surface area contributed by atoms with Crippen LogP contribution in [0.5, 0.6) is 0 Å². The van der Waals surface area contributed by atoms with Crippen LogP contribution in [0.3, 0.4) is 0 Å². The van der Waals surface area contributed by atoms with Crippen molar-refractivity contribution in [3.05, 3.63) is 47.4 Å². The summed E-state index contributed by atoms with van der Waals surface area (Å²) in [7, 11) is 0. The predicted molar refractivity (Wildman–Crippen MR) is 102 cm³/mol. The molecule has 1 amide bonds. The molecule has 27 heavy (non-hydrogen) atoms. The molecule has 0 fully saturated rings. The quantitative estimate of drug-likeness (QED) is 0.531. The summed E-state index contributed by atoms with van der Waals surface area (Å²) >= 11 is 1.46. The van der Waals surface area contributed by atoms with Gasteiger partial charge in [0.05, 0.1) is 23.7 Å². The number of nitrogens with one attached hydrogen (secondary N) is 3. The minimum absolute atomic E-state index is 0. The largest absolute Gasteiger partial charge is 0.455 e. The fraction of sp³-hybridized carbons (Fsp3) is 0.375. The highest BCUT2D eigenvalue weighted by atomic mass is 35.5. The topological polar surface area (TPSA) is 114 Å². The van der Waals surface area contributed by atoms with Crippen molar-refractivity contribution in [2.75, 3.05) is 6.54 Å². The molecule has 0 unspecified atom stereocenters. The Morgan fingerprint density at radius 1 is 1.41 bits per heavy atom. The molecule has 1 aliphatic heterocycles. The highest BCUT2D eigenvalue weighted by Crippen LogP contribution is 2.20. The number of nitrogens with zero attached hydrogens (tertiary/aromatic N) is 4.